The lowest BCUT2D eigenvalue weighted by molar-refractivity contribution is -0.136. The molecule has 2 aliphatic rings. The van der Waals surface area contributed by atoms with Crippen LogP contribution in [0.4, 0.5) is 0 Å². The number of esters is 1. The van der Waals surface area contributed by atoms with Gasteiger partial charge in [0, 0.05) is 16.8 Å². The minimum absolute atomic E-state index is 0.116. The number of nitrogens with zero attached hydrogens (tertiary/aromatic N) is 1. The van der Waals surface area contributed by atoms with Crippen LogP contribution in [0.15, 0.2) is 41.1 Å². The molecular weight excluding hydrogens is 326 g/mol. The lowest BCUT2D eigenvalue weighted by atomic mass is 10.0. The third-order valence-electron chi connectivity index (χ3n) is 4.70. The van der Waals surface area contributed by atoms with Crippen molar-refractivity contribution < 1.29 is 14.3 Å². The Morgan fingerprint density at radius 1 is 1.25 bits per heavy atom. The van der Waals surface area contributed by atoms with Crippen molar-refractivity contribution in [1.29, 1.82) is 0 Å². The van der Waals surface area contributed by atoms with Gasteiger partial charge in [-0.05, 0) is 43.5 Å². The molecule has 0 saturated heterocycles. The summed E-state index contributed by atoms with van der Waals surface area (Å²) in [4.78, 5) is 27.0. The summed E-state index contributed by atoms with van der Waals surface area (Å²) in [5.41, 5.74) is 2.28. The van der Waals surface area contributed by atoms with E-state index in [4.69, 9.17) is 16.3 Å². The van der Waals surface area contributed by atoms with Gasteiger partial charge in [0.2, 0.25) is 0 Å². The van der Waals surface area contributed by atoms with Gasteiger partial charge in [-0.1, -0.05) is 36.6 Å². The van der Waals surface area contributed by atoms with Crippen molar-refractivity contribution in [3.63, 3.8) is 0 Å². The monoisotopic (exact) mass is 345 g/mol. The highest BCUT2D eigenvalue weighted by Crippen LogP contribution is 2.37. The molecule has 126 valence electrons. The topological polar surface area (TPSA) is 46.6 Å². The summed E-state index contributed by atoms with van der Waals surface area (Å²) in [6, 6.07) is 7.34. The van der Waals surface area contributed by atoms with Gasteiger partial charge in [0.05, 0.1) is 18.3 Å². The van der Waals surface area contributed by atoms with Gasteiger partial charge >= 0.3 is 5.97 Å². The number of methoxy groups -OCH3 is 1. The molecule has 0 N–H and O–H groups in total. The van der Waals surface area contributed by atoms with Gasteiger partial charge in [-0.2, -0.15) is 0 Å². The second-order valence-corrected chi connectivity index (χ2v) is 6.61. The zero-order valence-electron chi connectivity index (χ0n) is 13.8. The van der Waals surface area contributed by atoms with Crippen LogP contribution in [0.1, 0.15) is 38.2 Å². The molecule has 0 spiro atoms. The number of carbonyl (C=O) groups is 2. The molecule has 1 amide bonds. The minimum Gasteiger partial charge on any atom is -0.465 e. The molecule has 5 heteroatoms. The van der Waals surface area contributed by atoms with Gasteiger partial charge in [-0.25, -0.2) is 4.79 Å². The predicted octanol–water partition coefficient (Wildman–Crippen LogP) is 3.96. The highest BCUT2D eigenvalue weighted by Gasteiger charge is 2.40. The van der Waals surface area contributed by atoms with Crippen LogP contribution in [0, 0.1) is 0 Å². The third kappa shape index (κ3) is 2.98. The highest BCUT2D eigenvalue weighted by atomic mass is 35.5. The Morgan fingerprint density at radius 3 is 2.46 bits per heavy atom. The summed E-state index contributed by atoms with van der Waals surface area (Å²) in [6.45, 7) is 1.82. The summed E-state index contributed by atoms with van der Waals surface area (Å²) >= 11 is 5.91. The molecule has 3 rings (SSSR count). The molecule has 0 aromatic heterocycles. The van der Waals surface area contributed by atoms with Crippen LogP contribution in [-0.2, 0) is 14.3 Å². The van der Waals surface area contributed by atoms with Gasteiger partial charge < -0.3 is 9.64 Å². The van der Waals surface area contributed by atoms with Crippen molar-refractivity contribution in [1.82, 2.24) is 4.90 Å². The first kappa shape index (κ1) is 16.8. The summed E-state index contributed by atoms with van der Waals surface area (Å²) < 4.78 is 4.91. The number of hydrogen-bond acceptors (Lipinski definition) is 3. The average molecular weight is 346 g/mol. The van der Waals surface area contributed by atoms with Crippen LogP contribution in [-0.4, -0.2) is 29.9 Å². The van der Waals surface area contributed by atoms with Gasteiger partial charge in [0.25, 0.3) is 5.91 Å². The van der Waals surface area contributed by atoms with Crippen LogP contribution < -0.4 is 0 Å². The molecule has 1 saturated carbocycles. The Labute approximate surface area is 146 Å². The van der Waals surface area contributed by atoms with E-state index >= 15 is 0 Å². The van der Waals surface area contributed by atoms with Crippen molar-refractivity contribution in [2.24, 2.45) is 0 Å². The van der Waals surface area contributed by atoms with Gasteiger partial charge in [0.15, 0.2) is 0 Å². The van der Waals surface area contributed by atoms with E-state index in [0.717, 1.165) is 31.2 Å². The van der Waals surface area contributed by atoms with Crippen molar-refractivity contribution in [3.8, 4) is 0 Å². The number of carbonyl (C=O) groups excluding carboxylic acids is 2. The lowest BCUT2D eigenvalue weighted by Gasteiger charge is -2.25. The Morgan fingerprint density at radius 2 is 1.88 bits per heavy atom. The van der Waals surface area contributed by atoms with E-state index in [1.807, 2.05) is 19.1 Å². The highest BCUT2D eigenvalue weighted by molar-refractivity contribution is 6.30. The zero-order valence-corrected chi connectivity index (χ0v) is 14.6. The third-order valence-corrected chi connectivity index (χ3v) is 4.95. The molecule has 0 bridgehead atoms. The fourth-order valence-corrected chi connectivity index (χ4v) is 3.65. The normalized spacial score (nSPS) is 20.4. The van der Waals surface area contributed by atoms with E-state index in [0.29, 0.717) is 21.9 Å². The Kier molecular flexibility index (Phi) is 4.76. The second kappa shape index (κ2) is 6.81. The Balaban J connectivity index is 2.04. The SMILES string of the molecule is COC(=O)C1=C(C)N(C2CCCC2)C(=O)/C1=C\c1ccc(Cl)cc1. The molecular formula is C19H20ClNO3. The lowest BCUT2D eigenvalue weighted by Crippen LogP contribution is -2.34. The molecule has 1 aliphatic heterocycles. The average Bonchev–Trinajstić information content (AvgIpc) is 3.16. The molecule has 24 heavy (non-hydrogen) atoms. The first-order chi connectivity index (χ1) is 11.5. The standard InChI is InChI=1S/C19H20ClNO3/c1-12-17(19(23)24-2)16(11-13-7-9-14(20)10-8-13)18(22)21(12)15-5-3-4-6-15/h7-11,15H,3-6H2,1-2H3/b16-11-. The van der Waals surface area contributed by atoms with Gasteiger partial charge in [-0.3, -0.25) is 4.79 Å². The quantitative estimate of drug-likeness (QED) is 0.615. The van der Waals surface area contributed by atoms with E-state index in [-0.39, 0.29) is 11.9 Å². The van der Waals surface area contributed by atoms with E-state index in [1.165, 1.54) is 7.11 Å². The Bertz CT molecular complexity index is 727. The minimum atomic E-state index is -0.471. The van der Waals surface area contributed by atoms with Crippen LogP contribution >= 0.6 is 11.6 Å². The first-order valence-electron chi connectivity index (χ1n) is 8.13. The molecule has 1 heterocycles. The predicted molar refractivity (Wildman–Crippen MR) is 93.2 cm³/mol. The van der Waals surface area contributed by atoms with E-state index in [1.54, 1.807) is 23.1 Å². The molecule has 4 nitrogen and oxygen atoms in total. The number of allylic oxidation sites excluding steroid dienone is 1. The maximum atomic E-state index is 13.0. The molecule has 1 aromatic carbocycles. The van der Waals surface area contributed by atoms with Gasteiger partial charge in [-0.15, -0.1) is 0 Å². The number of amides is 1. The summed E-state index contributed by atoms with van der Waals surface area (Å²) in [5, 5.41) is 0.627. The maximum Gasteiger partial charge on any atom is 0.340 e. The number of benzene rings is 1. The van der Waals surface area contributed by atoms with Crippen molar-refractivity contribution in [3.05, 3.63) is 51.7 Å². The largest absolute Gasteiger partial charge is 0.465 e. The van der Waals surface area contributed by atoms with Crippen molar-refractivity contribution in [2.75, 3.05) is 7.11 Å². The number of ether oxygens (including phenoxy) is 1. The first-order valence-corrected chi connectivity index (χ1v) is 8.51. The maximum absolute atomic E-state index is 13.0. The van der Waals surface area contributed by atoms with Crippen molar-refractivity contribution >= 4 is 29.6 Å². The van der Waals surface area contributed by atoms with Crippen molar-refractivity contribution in [2.45, 2.75) is 38.6 Å². The fraction of sp³-hybridized carbons (Fsp3) is 0.368. The molecule has 1 aromatic rings. The molecule has 0 atom stereocenters. The van der Waals surface area contributed by atoms with Crippen LogP contribution in [0.5, 0.6) is 0 Å². The molecule has 1 fully saturated rings. The van der Waals surface area contributed by atoms with Crippen LogP contribution in [0.2, 0.25) is 5.02 Å². The molecule has 1 aliphatic carbocycles. The van der Waals surface area contributed by atoms with E-state index in [9.17, 15) is 9.59 Å². The second-order valence-electron chi connectivity index (χ2n) is 6.17. The number of halogens is 1. The fourth-order valence-electron chi connectivity index (χ4n) is 3.53. The Hall–Kier alpha value is -2.07. The molecule has 0 unspecified atom stereocenters. The van der Waals surface area contributed by atoms with Crippen LogP contribution in [0.3, 0.4) is 0 Å². The number of hydrogen-bond donors (Lipinski definition) is 0. The van der Waals surface area contributed by atoms with E-state index in [2.05, 4.69) is 0 Å². The smallest absolute Gasteiger partial charge is 0.340 e. The summed E-state index contributed by atoms with van der Waals surface area (Å²) in [7, 11) is 1.34. The number of rotatable bonds is 3. The van der Waals surface area contributed by atoms with E-state index < -0.39 is 5.97 Å². The summed E-state index contributed by atoms with van der Waals surface area (Å²) in [5.74, 6) is -0.587. The summed E-state index contributed by atoms with van der Waals surface area (Å²) in [6.07, 6.45) is 5.93. The molecule has 0 radical (unpaired) electrons. The van der Waals surface area contributed by atoms with Gasteiger partial charge in [0.1, 0.15) is 0 Å². The zero-order chi connectivity index (χ0) is 17.3. The van der Waals surface area contributed by atoms with Crippen LogP contribution in [0.25, 0.3) is 6.08 Å².